The molecule has 3 aromatic carbocycles. The number of nitrogens with one attached hydrogen (secondary N) is 1. The van der Waals surface area contributed by atoms with Crippen LogP contribution in [0.5, 0.6) is 0 Å². The van der Waals surface area contributed by atoms with Crippen LogP contribution in [-0.2, 0) is 20.9 Å². The molecule has 1 unspecified atom stereocenters. The second-order valence-electron chi connectivity index (χ2n) is 7.97. The lowest BCUT2D eigenvalue weighted by molar-refractivity contribution is -0.118. The van der Waals surface area contributed by atoms with Crippen molar-refractivity contribution in [3.05, 3.63) is 113 Å². The zero-order chi connectivity index (χ0) is 22.6. The number of anilines is 1. The Morgan fingerprint density at radius 1 is 0.906 bits per heavy atom. The Balaban J connectivity index is 1.70. The first-order chi connectivity index (χ1) is 15.5. The third-order valence-corrected chi connectivity index (χ3v) is 7.29. The van der Waals surface area contributed by atoms with Crippen molar-refractivity contribution in [2.24, 2.45) is 0 Å². The molecule has 1 aliphatic rings. The lowest BCUT2D eigenvalue weighted by Gasteiger charge is -2.30. The zero-order valence-corrected chi connectivity index (χ0v) is 19.1. The summed E-state index contributed by atoms with van der Waals surface area (Å²) in [4.78, 5) is 28.5. The number of para-hydroxylation sites is 1. The normalized spacial score (nSPS) is 17.8. The summed E-state index contributed by atoms with van der Waals surface area (Å²) in [6.45, 7) is 2.24. The number of hydrogen-bond donors (Lipinski definition) is 1. The Hall–Kier alpha value is -3.31. The molecular weight excluding hydrogens is 416 g/mol. The number of hydrogen-bond acceptors (Lipinski definition) is 4. The van der Waals surface area contributed by atoms with E-state index >= 15 is 0 Å². The number of rotatable bonds is 7. The molecule has 0 spiro atoms. The molecular formula is C27H26N2O2S. The lowest BCUT2D eigenvalue weighted by atomic mass is 9.89. The maximum atomic E-state index is 13.7. The van der Waals surface area contributed by atoms with Gasteiger partial charge in [0.15, 0.2) is 5.78 Å². The Bertz CT molecular complexity index is 1130. The van der Waals surface area contributed by atoms with Crippen LogP contribution >= 0.6 is 11.8 Å². The summed E-state index contributed by atoms with van der Waals surface area (Å²) in [7, 11) is 1.98. The minimum Gasteiger partial charge on any atom is -0.365 e. The van der Waals surface area contributed by atoms with Gasteiger partial charge in [0.25, 0.3) is 0 Å². The maximum absolute atomic E-state index is 13.7. The van der Waals surface area contributed by atoms with Crippen molar-refractivity contribution in [2.75, 3.05) is 12.4 Å². The molecule has 1 atom stereocenters. The fraction of sp³-hybridized carbons (Fsp3) is 0.185. The fourth-order valence-corrected chi connectivity index (χ4v) is 5.48. The van der Waals surface area contributed by atoms with Gasteiger partial charge in [-0.15, -0.1) is 0 Å². The molecule has 5 heteroatoms. The molecule has 32 heavy (non-hydrogen) atoms. The topological polar surface area (TPSA) is 49.4 Å². The predicted octanol–water partition coefficient (Wildman–Crippen LogP) is 5.59. The summed E-state index contributed by atoms with van der Waals surface area (Å²) in [5.74, 6) is -0.125. The number of carbonyl (C=O) groups is 2. The van der Waals surface area contributed by atoms with Crippen molar-refractivity contribution >= 4 is 29.1 Å². The van der Waals surface area contributed by atoms with Gasteiger partial charge in [0.2, 0.25) is 5.91 Å². The van der Waals surface area contributed by atoms with Gasteiger partial charge >= 0.3 is 0 Å². The molecule has 0 aliphatic carbocycles. The van der Waals surface area contributed by atoms with E-state index in [2.05, 4.69) is 22.3 Å². The van der Waals surface area contributed by atoms with Crippen LogP contribution in [0.4, 0.5) is 5.69 Å². The highest BCUT2D eigenvalue weighted by molar-refractivity contribution is 8.05. The van der Waals surface area contributed by atoms with Crippen molar-refractivity contribution in [2.45, 2.75) is 24.6 Å². The number of allylic oxidation sites excluding steroid dienone is 1. The van der Waals surface area contributed by atoms with E-state index in [0.29, 0.717) is 18.5 Å². The van der Waals surface area contributed by atoms with Crippen molar-refractivity contribution in [3.8, 4) is 0 Å². The Kier molecular flexibility index (Phi) is 6.47. The zero-order valence-electron chi connectivity index (χ0n) is 18.2. The van der Waals surface area contributed by atoms with Crippen LogP contribution in [-0.4, -0.2) is 23.6 Å². The molecule has 1 N–H and O–H groups in total. The second-order valence-corrected chi connectivity index (χ2v) is 9.26. The average molecular weight is 443 g/mol. The molecule has 0 fully saturated rings. The molecule has 0 saturated carbocycles. The Morgan fingerprint density at radius 2 is 1.47 bits per heavy atom. The molecule has 4 nitrogen and oxygen atoms in total. The van der Waals surface area contributed by atoms with Gasteiger partial charge in [0.1, 0.15) is 4.75 Å². The van der Waals surface area contributed by atoms with Gasteiger partial charge in [-0.3, -0.25) is 9.59 Å². The minimum absolute atomic E-state index is 0.00210. The van der Waals surface area contributed by atoms with Crippen LogP contribution in [0.25, 0.3) is 0 Å². The summed E-state index contributed by atoms with van der Waals surface area (Å²) >= 11 is 1.48. The van der Waals surface area contributed by atoms with Gasteiger partial charge in [-0.05, 0) is 30.2 Å². The minimum atomic E-state index is -0.918. The van der Waals surface area contributed by atoms with Gasteiger partial charge in [0, 0.05) is 31.3 Å². The van der Waals surface area contributed by atoms with E-state index in [9.17, 15) is 9.59 Å². The SMILES string of the molecule is CC(=O)C1=C(N(C)Cc2ccccc2)SC(C(=O)Nc2ccccc2)(c2ccccc2)C1. The van der Waals surface area contributed by atoms with Crippen molar-refractivity contribution in [1.29, 1.82) is 0 Å². The molecule has 162 valence electrons. The Labute approximate surface area is 193 Å². The summed E-state index contributed by atoms with van der Waals surface area (Å²) in [6.07, 6.45) is 0.351. The largest absolute Gasteiger partial charge is 0.365 e. The molecule has 4 rings (SSSR count). The first-order valence-corrected chi connectivity index (χ1v) is 11.4. The van der Waals surface area contributed by atoms with Crippen LogP contribution in [0.15, 0.2) is 102 Å². The molecule has 3 aromatic rings. The molecule has 1 amide bonds. The number of thioether (sulfide) groups is 1. The van der Waals surface area contributed by atoms with Gasteiger partial charge in [-0.1, -0.05) is 90.6 Å². The number of carbonyl (C=O) groups excluding carboxylic acids is 2. The number of Topliss-reactive ketones (excluding diaryl/α,β-unsaturated/α-hetero) is 1. The van der Waals surface area contributed by atoms with Gasteiger partial charge in [0.05, 0.1) is 5.03 Å². The quantitative estimate of drug-likeness (QED) is 0.518. The summed E-state index contributed by atoms with van der Waals surface area (Å²) in [5.41, 5.74) is 3.47. The molecule has 0 aromatic heterocycles. The van der Waals surface area contributed by atoms with Crippen molar-refractivity contribution in [3.63, 3.8) is 0 Å². The van der Waals surface area contributed by atoms with Gasteiger partial charge in [-0.25, -0.2) is 0 Å². The van der Waals surface area contributed by atoms with E-state index in [1.807, 2.05) is 85.9 Å². The molecule has 1 aliphatic heterocycles. The standard InChI is InChI=1S/C27H26N2O2S/c1-20(30)24-18-27(22-14-8-4-9-15-22,26(31)28-23-16-10-5-11-17-23)32-25(24)29(2)19-21-12-6-3-7-13-21/h3-17H,18-19H2,1-2H3,(H,28,31). The van der Waals surface area contributed by atoms with E-state index in [-0.39, 0.29) is 11.7 Å². The summed E-state index contributed by atoms with van der Waals surface area (Å²) in [5, 5.41) is 3.93. The third kappa shape index (κ3) is 4.48. The van der Waals surface area contributed by atoms with Crippen LogP contribution in [0.2, 0.25) is 0 Å². The first kappa shape index (κ1) is 21.9. The summed E-state index contributed by atoms with van der Waals surface area (Å²) < 4.78 is -0.918. The second kappa shape index (κ2) is 9.45. The van der Waals surface area contributed by atoms with E-state index in [0.717, 1.165) is 21.8 Å². The molecule has 0 saturated heterocycles. The first-order valence-electron chi connectivity index (χ1n) is 10.6. The number of benzene rings is 3. The number of nitrogens with zero attached hydrogens (tertiary/aromatic N) is 1. The highest BCUT2D eigenvalue weighted by Crippen LogP contribution is 2.54. The smallest absolute Gasteiger partial charge is 0.245 e. The average Bonchev–Trinajstić information content (AvgIpc) is 3.24. The monoisotopic (exact) mass is 442 g/mol. The highest BCUT2D eigenvalue weighted by Gasteiger charge is 2.49. The van der Waals surface area contributed by atoms with E-state index < -0.39 is 4.75 Å². The third-order valence-electron chi connectivity index (χ3n) is 5.63. The molecule has 1 heterocycles. The predicted molar refractivity (Wildman–Crippen MR) is 131 cm³/mol. The summed E-state index contributed by atoms with van der Waals surface area (Å²) in [6, 6.07) is 29.3. The number of ketones is 1. The van der Waals surface area contributed by atoms with Crippen molar-refractivity contribution in [1.82, 2.24) is 4.90 Å². The lowest BCUT2D eigenvalue weighted by Crippen LogP contribution is -2.36. The van der Waals surface area contributed by atoms with Gasteiger partial charge in [-0.2, -0.15) is 0 Å². The maximum Gasteiger partial charge on any atom is 0.245 e. The van der Waals surface area contributed by atoms with Crippen LogP contribution < -0.4 is 5.32 Å². The van der Waals surface area contributed by atoms with E-state index in [4.69, 9.17) is 0 Å². The fourth-order valence-electron chi connectivity index (χ4n) is 3.98. The van der Waals surface area contributed by atoms with Crippen LogP contribution in [0, 0.1) is 0 Å². The molecule has 0 bridgehead atoms. The number of amides is 1. The Morgan fingerprint density at radius 3 is 2.06 bits per heavy atom. The highest BCUT2D eigenvalue weighted by atomic mass is 32.2. The van der Waals surface area contributed by atoms with E-state index in [1.54, 1.807) is 6.92 Å². The van der Waals surface area contributed by atoms with Gasteiger partial charge < -0.3 is 10.2 Å². The van der Waals surface area contributed by atoms with E-state index in [1.165, 1.54) is 11.8 Å². The molecule has 0 radical (unpaired) electrons. The van der Waals surface area contributed by atoms with Crippen LogP contribution in [0.3, 0.4) is 0 Å². The van der Waals surface area contributed by atoms with Crippen LogP contribution in [0.1, 0.15) is 24.5 Å². The van der Waals surface area contributed by atoms with Crippen molar-refractivity contribution < 1.29 is 9.59 Å².